The van der Waals surface area contributed by atoms with Crippen LogP contribution in [-0.2, 0) is 11.2 Å². The van der Waals surface area contributed by atoms with Crippen molar-refractivity contribution < 1.29 is 9.21 Å². The van der Waals surface area contributed by atoms with E-state index in [0.29, 0.717) is 6.54 Å². The van der Waals surface area contributed by atoms with Gasteiger partial charge in [0.1, 0.15) is 5.76 Å². The van der Waals surface area contributed by atoms with E-state index in [9.17, 15) is 4.79 Å². The molecule has 1 saturated carbocycles. The molecule has 4 nitrogen and oxygen atoms in total. The van der Waals surface area contributed by atoms with Crippen molar-refractivity contribution in [1.82, 2.24) is 10.6 Å². The summed E-state index contributed by atoms with van der Waals surface area (Å²) >= 11 is 0. The molecule has 1 unspecified atom stereocenters. The highest BCUT2D eigenvalue weighted by Gasteiger charge is 2.20. The zero-order chi connectivity index (χ0) is 12.8. The lowest BCUT2D eigenvalue weighted by molar-refractivity contribution is -0.120. The first-order valence-electron chi connectivity index (χ1n) is 6.76. The number of hydrogen-bond acceptors (Lipinski definition) is 3. The Morgan fingerprint density at radius 3 is 3.06 bits per heavy atom. The van der Waals surface area contributed by atoms with Crippen LogP contribution in [0.5, 0.6) is 0 Å². The molecule has 1 amide bonds. The summed E-state index contributed by atoms with van der Waals surface area (Å²) in [6.07, 6.45) is 6.08. The summed E-state index contributed by atoms with van der Waals surface area (Å²) in [5, 5.41) is 6.18. The van der Waals surface area contributed by atoms with Gasteiger partial charge in [-0.3, -0.25) is 4.79 Å². The molecular formula is C14H22N2O2. The summed E-state index contributed by atoms with van der Waals surface area (Å²) in [6, 6.07) is 4.04. The first-order valence-corrected chi connectivity index (χ1v) is 6.76. The SMILES string of the molecule is CC(CCc1ccco1)NC(=O)CNCC1CC1. The number of amides is 1. The second kappa shape index (κ2) is 6.59. The van der Waals surface area contributed by atoms with Crippen molar-refractivity contribution in [3.05, 3.63) is 24.2 Å². The molecule has 1 aliphatic carbocycles. The van der Waals surface area contributed by atoms with Gasteiger partial charge in [-0.05, 0) is 50.8 Å². The zero-order valence-corrected chi connectivity index (χ0v) is 10.9. The molecule has 1 heterocycles. The minimum atomic E-state index is 0.0857. The van der Waals surface area contributed by atoms with Gasteiger partial charge < -0.3 is 15.1 Å². The number of nitrogens with one attached hydrogen (secondary N) is 2. The summed E-state index contributed by atoms with van der Waals surface area (Å²) < 4.78 is 5.26. The lowest BCUT2D eigenvalue weighted by Gasteiger charge is -2.13. The second-order valence-electron chi connectivity index (χ2n) is 5.16. The molecule has 0 bridgehead atoms. The van der Waals surface area contributed by atoms with Gasteiger partial charge in [0.05, 0.1) is 12.8 Å². The molecule has 1 aromatic rings. The number of furan rings is 1. The summed E-state index contributed by atoms with van der Waals surface area (Å²) in [5.74, 6) is 1.87. The maximum absolute atomic E-state index is 11.6. The smallest absolute Gasteiger partial charge is 0.234 e. The summed E-state index contributed by atoms with van der Waals surface area (Å²) in [7, 11) is 0. The number of aryl methyl sites for hydroxylation is 1. The van der Waals surface area contributed by atoms with Gasteiger partial charge in [-0.15, -0.1) is 0 Å². The molecule has 1 fully saturated rings. The van der Waals surface area contributed by atoms with E-state index < -0.39 is 0 Å². The zero-order valence-electron chi connectivity index (χ0n) is 10.9. The highest BCUT2D eigenvalue weighted by atomic mass is 16.3. The molecule has 1 atom stereocenters. The van der Waals surface area contributed by atoms with Crippen LogP contribution in [0.15, 0.2) is 22.8 Å². The third kappa shape index (κ3) is 4.92. The molecule has 2 rings (SSSR count). The molecule has 1 aromatic heterocycles. The standard InChI is InChI=1S/C14H22N2O2/c1-11(4-7-13-3-2-8-18-13)16-14(17)10-15-9-12-5-6-12/h2-3,8,11-12,15H,4-7,9-10H2,1H3,(H,16,17). The predicted octanol–water partition coefficient (Wildman–Crippen LogP) is 1.72. The molecule has 4 heteroatoms. The van der Waals surface area contributed by atoms with Gasteiger partial charge in [0.2, 0.25) is 5.91 Å². The average Bonchev–Trinajstić information content (AvgIpc) is 3.01. The van der Waals surface area contributed by atoms with Crippen LogP contribution in [0.25, 0.3) is 0 Å². The highest BCUT2D eigenvalue weighted by molar-refractivity contribution is 5.78. The van der Waals surface area contributed by atoms with Gasteiger partial charge in [-0.2, -0.15) is 0 Å². The third-order valence-corrected chi connectivity index (χ3v) is 3.23. The van der Waals surface area contributed by atoms with Gasteiger partial charge in [-0.1, -0.05) is 0 Å². The Balaban J connectivity index is 1.54. The van der Waals surface area contributed by atoms with Crippen molar-refractivity contribution in [3.63, 3.8) is 0 Å². The van der Waals surface area contributed by atoms with Crippen LogP contribution < -0.4 is 10.6 Å². The Hall–Kier alpha value is -1.29. The molecule has 18 heavy (non-hydrogen) atoms. The van der Waals surface area contributed by atoms with Crippen molar-refractivity contribution in [3.8, 4) is 0 Å². The van der Waals surface area contributed by atoms with Crippen molar-refractivity contribution >= 4 is 5.91 Å². The largest absolute Gasteiger partial charge is 0.469 e. The fourth-order valence-electron chi connectivity index (χ4n) is 1.92. The Morgan fingerprint density at radius 2 is 2.39 bits per heavy atom. The van der Waals surface area contributed by atoms with Crippen LogP contribution in [0.3, 0.4) is 0 Å². The lowest BCUT2D eigenvalue weighted by Crippen LogP contribution is -2.39. The minimum Gasteiger partial charge on any atom is -0.469 e. The lowest BCUT2D eigenvalue weighted by atomic mass is 10.1. The van der Waals surface area contributed by atoms with Crippen LogP contribution in [0.2, 0.25) is 0 Å². The van der Waals surface area contributed by atoms with Crippen molar-refractivity contribution in [2.45, 2.75) is 38.6 Å². The van der Waals surface area contributed by atoms with Crippen LogP contribution in [-0.4, -0.2) is 25.0 Å². The fourth-order valence-corrected chi connectivity index (χ4v) is 1.92. The van der Waals surface area contributed by atoms with E-state index in [2.05, 4.69) is 10.6 Å². The molecule has 0 aromatic carbocycles. The molecule has 0 aliphatic heterocycles. The van der Waals surface area contributed by atoms with E-state index in [1.165, 1.54) is 12.8 Å². The van der Waals surface area contributed by atoms with Gasteiger partial charge in [0.25, 0.3) is 0 Å². The van der Waals surface area contributed by atoms with E-state index >= 15 is 0 Å². The Kier molecular flexibility index (Phi) is 4.81. The normalized spacial score (nSPS) is 16.5. The Labute approximate surface area is 108 Å². The third-order valence-electron chi connectivity index (χ3n) is 3.23. The summed E-state index contributed by atoms with van der Waals surface area (Å²) in [5.41, 5.74) is 0. The topological polar surface area (TPSA) is 54.3 Å². The summed E-state index contributed by atoms with van der Waals surface area (Å²) in [4.78, 5) is 11.6. The molecule has 0 spiro atoms. The fraction of sp³-hybridized carbons (Fsp3) is 0.643. The number of carbonyl (C=O) groups is 1. The van der Waals surface area contributed by atoms with E-state index in [4.69, 9.17) is 4.42 Å². The first-order chi connectivity index (χ1) is 8.74. The Bertz CT molecular complexity index is 358. The average molecular weight is 250 g/mol. The number of carbonyl (C=O) groups excluding carboxylic acids is 1. The molecule has 0 radical (unpaired) electrons. The minimum absolute atomic E-state index is 0.0857. The van der Waals surface area contributed by atoms with Crippen LogP contribution in [0, 0.1) is 5.92 Å². The quantitative estimate of drug-likeness (QED) is 0.738. The molecular weight excluding hydrogens is 228 g/mol. The molecule has 100 valence electrons. The van der Waals surface area contributed by atoms with E-state index in [0.717, 1.165) is 31.1 Å². The van der Waals surface area contributed by atoms with Gasteiger partial charge in [0, 0.05) is 12.5 Å². The monoisotopic (exact) mass is 250 g/mol. The molecule has 1 aliphatic rings. The predicted molar refractivity (Wildman–Crippen MR) is 70.2 cm³/mol. The maximum atomic E-state index is 11.6. The van der Waals surface area contributed by atoms with Gasteiger partial charge >= 0.3 is 0 Å². The summed E-state index contributed by atoms with van der Waals surface area (Å²) in [6.45, 7) is 3.44. The second-order valence-corrected chi connectivity index (χ2v) is 5.16. The van der Waals surface area contributed by atoms with E-state index in [1.807, 2.05) is 19.1 Å². The van der Waals surface area contributed by atoms with Crippen molar-refractivity contribution in [1.29, 1.82) is 0 Å². The molecule has 2 N–H and O–H groups in total. The van der Waals surface area contributed by atoms with Crippen LogP contribution in [0.1, 0.15) is 31.9 Å². The van der Waals surface area contributed by atoms with Gasteiger partial charge in [0.15, 0.2) is 0 Å². The highest BCUT2D eigenvalue weighted by Crippen LogP contribution is 2.27. The molecule has 0 saturated heterocycles. The van der Waals surface area contributed by atoms with E-state index in [1.54, 1.807) is 6.26 Å². The number of hydrogen-bond donors (Lipinski definition) is 2. The van der Waals surface area contributed by atoms with Crippen molar-refractivity contribution in [2.24, 2.45) is 5.92 Å². The van der Waals surface area contributed by atoms with E-state index in [-0.39, 0.29) is 11.9 Å². The van der Waals surface area contributed by atoms with Gasteiger partial charge in [-0.25, -0.2) is 0 Å². The first kappa shape index (κ1) is 13.1. The van der Waals surface area contributed by atoms with Crippen LogP contribution in [0.4, 0.5) is 0 Å². The van der Waals surface area contributed by atoms with Crippen molar-refractivity contribution in [2.75, 3.05) is 13.1 Å². The van der Waals surface area contributed by atoms with Crippen LogP contribution >= 0.6 is 0 Å². The maximum Gasteiger partial charge on any atom is 0.234 e. The Morgan fingerprint density at radius 1 is 1.56 bits per heavy atom. The number of rotatable bonds is 8.